The topological polar surface area (TPSA) is 55.4 Å². The number of rotatable bonds is 7. The lowest BCUT2D eigenvalue weighted by Gasteiger charge is -2.18. The van der Waals surface area contributed by atoms with Gasteiger partial charge in [0.2, 0.25) is 0 Å². The maximum absolute atomic E-state index is 13.1. The van der Waals surface area contributed by atoms with E-state index in [1.807, 2.05) is 24.4 Å². The molecule has 1 amide bonds. The van der Waals surface area contributed by atoms with Gasteiger partial charge in [-0.05, 0) is 35.6 Å². The summed E-state index contributed by atoms with van der Waals surface area (Å²) >= 11 is 1.48. The zero-order valence-electron chi connectivity index (χ0n) is 13.2. The molecule has 0 bridgehead atoms. The molecule has 1 atom stereocenters. The number of carbonyl (C=O) groups excluding carboxylic acids is 2. The Kier molecular flexibility index (Phi) is 6.69. The second-order valence-corrected chi connectivity index (χ2v) is 5.97. The first-order chi connectivity index (χ1) is 11.6. The second-order valence-electron chi connectivity index (χ2n) is 4.99. The zero-order valence-corrected chi connectivity index (χ0v) is 14.0. The van der Waals surface area contributed by atoms with Crippen molar-refractivity contribution >= 4 is 23.2 Å². The van der Waals surface area contributed by atoms with Gasteiger partial charge in [0.05, 0.1) is 6.04 Å². The lowest BCUT2D eigenvalue weighted by molar-refractivity contribution is -0.144. The Bertz CT molecular complexity index is 696. The number of thiophene rings is 1. The van der Waals surface area contributed by atoms with Crippen LogP contribution in [0.5, 0.6) is 0 Å². The summed E-state index contributed by atoms with van der Waals surface area (Å²) in [6.07, 6.45) is 3.67. The molecule has 0 aliphatic carbocycles. The predicted octanol–water partition coefficient (Wildman–Crippen LogP) is 3.60. The van der Waals surface area contributed by atoms with E-state index >= 15 is 0 Å². The summed E-state index contributed by atoms with van der Waals surface area (Å²) in [6.45, 7) is 1.53. The van der Waals surface area contributed by atoms with Crippen LogP contribution in [0.4, 0.5) is 4.39 Å². The number of hydrogen-bond acceptors (Lipinski definition) is 4. The number of allylic oxidation sites excluding steroid dienone is 1. The molecule has 0 saturated heterocycles. The van der Waals surface area contributed by atoms with Crippen molar-refractivity contribution in [3.63, 3.8) is 0 Å². The number of ether oxygens (including phenoxy) is 1. The highest BCUT2D eigenvalue weighted by Crippen LogP contribution is 2.26. The number of hydrogen-bond donors (Lipinski definition) is 1. The van der Waals surface area contributed by atoms with Crippen LogP contribution >= 0.6 is 11.3 Å². The van der Waals surface area contributed by atoms with Gasteiger partial charge in [-0.2, -0.15) is 0 Å². The predicted molar refractivity (Wildman–Crippen MR) is 91.1 cm³/mol. The van der Waals surface area contributed by atoms with Crippen molar-refractivity contribution in [2.45, 2.75) is 19.4 Å². The zero-order chi connectivity index (χ0) is 17.4. The first-order valence-electron chi connectivity index (χ1n) is 7.51. The third kappa shape index (κ3) is 5.31. The standard InChI is InChI=1S/C18H18FNO3S/c1-2-3-6-17(22)23-12-16(21)20-18(15-5-4-11-24-15)13-7-9-14(19)10-8-13/h3-11,18H,2,12H2,1H3,(H,20,21)/b6-3+/t18-/m1/s1. The molecular weight excluding hydrogens is 329 g/mol. The molecule has 0 aliphatic rings. The normalized spacial score (nSPS) is 12.1. The van der Waals surface area contributed by atoms with E-state index in [0.717, 1.165) is 10.4 Å². The van der Waals surface area contributed by atoms with E-state index in [1.54, 1.807) is 18.2 Å². The molecule has 4 nitrogen and oxygen atoms in total. The van der Waals surface area contributed by atoms with Gasteiger partial charge in [0.25, 0.3) is 5.91 Å². The van der Waals surface area contributed by atoms with Gasteiger partial charge in [-0.25, -0.2) is 9.18 Å². The molecule has 6 heteroatoms. The molecule has 0 aliphatic heterocycles. The fourth-order valence-electron chi connectivity index (χ4n) is 2.03. The molecule has 0 fully saturated rings. The maximum atomic E-state index is 13.1. The van der Waals surface area contributed by atoms with E-state index in [9.17, 15) is 14.0 Å². The fourth-order valence-corrected chi connectivity index (χ4v) is 2.83. The smallest absolute Gasteiger partial charge is 0.330 e. The monoisotopic (exact) mass is 347 g/mol. The number of carbonyl (C=O) groups is 2. The molecule has 0 spiro atoms. The highest BCUT2D eigenvalue weighted by molar-refractivity contribution is 7.10. The Balaban J connectivity index is 2.03. The molecular formula is C18H18FNO3S. The average Bonchev–Trinajstić information content (AvgIpc) is 3.11. The minimum atomic E-state index is -0.554. The van der Waals surface area contributed by atoms with E-state index < -0.39 is 17.9 Å². The second kappa shape index (κ2) is 8.98. The third-order valence-electron chi connectivity index (χ3n) is 3.17. The number of esters is 1. The largest absolute Gasteiger partial charge is 0.452 e. The van der Waals surface area contributed by atoms with E-state index in [2.05, 4.69) is 5.32 Å². The summed E-state index contributed by atoms with van der Waals surface area (Å²) in [6, 6.07) is 9.28. The van der Waals surface area contributed by atoms with Gasteiger partial charge < -0.3 is 10.1 Å². The van der Waals surface area contributed by atoms with Crippen molar-refractivity contribution in [3.05, 3.63) is 70.2 Å². The molecule has 2 aromatic rings. The summed E-state index contributed by atoms with van der Waals surface area (Å²) in [5.74, 6) is -1.32. The Hall–Kier alpha value is -2.47. The van der Waals surface area contributed by atoms with Crippen molar-refractivity contribution in [1.29, 1.82) is 0 Å². The first-order valence-corrected chi connectivity index (χ1v) is 8.39. The maximum Gasteiger partial charge on any atom is 0.330 e. The fraction of sp³-hybridized carbons (Fsp3) is 0.222. The van der Waals surface area contributed by atoms with E-state index in [-0.39, 0.29) is 12.4 Å². The van der Waals surface area contributed by atoms with Gasteiger partial charge in [-0.15, -0.1) is 11.3 Å². The molecule has 126 valence electrons. The minimum Gasteiger partial charge on any atom is -0.452 e. The minimum absolute atomic E-state index is 0.341. The van der Waals surface area contributed by atoms with Crippen molar-refractivity contribution in [3.8, 4) is 0 Å². The lowest BCUT2D eigenvalue weighted by atomic mass is 10.1. The van der Waals surface area contributed by atoms with Crippen LogP contribution in [-0.4, -0.2) is 18.5 Å². The lowest BCUT2D eigenvalue weighted by Crippen LogP contribution is -2.32. The molecule has 0 unspecified atom stereocenters. The van der Waals surface area contributed by atoms with Gasteiger partial charge in [0, 0.05) is 11.0 Å². The van der Waals surface area contributed by atoms with Gasteiger partial charge in [-0.1, -0.05) is 31.2 Å². The van der Waals surface area contributed by atoms with Crippen molar-refractivity contribution < 1.29 is 18.7 Å². The van der Waals surface area contributed by atoms with Crippen LogP contribution in [0, 0.1) is 5.82 Å². The van der Waals surface area contributed by atoms with Crippen LogP contribution in [0.15, 0.2) is 53.9 Å². The third-order valence-corrected chi connectivity index (χ3v) is 4.11. The Morgan fingerprint density at radius 2 is 2.04 bits per heavy atom. The van der Waals surface area contributed by atoms with Crippen molar-refractivity contribution in [2.75, 3.05) is 6.61 Å². The average molecular weight is 347 g/mol. The highest BCUT2D eigenvalue weighted by atomic mass is 32.1. The Morgan fingerprint density at radius 1 is 1.29 bits per heavy atom. The first kappa shape index (κ1) is 17.9. The van der Waals surface area contributed by atoms with Gasteiger partial charge in [-0.3, -0.25) is 4.79 Å². The van der Waals surface area contributed by atoms with Crippen LogP contribution in [-0.2, 0) is 14.3 Å². The van der Waals surface area contributed by atoms with Crippen LogP contribution in [0.2, 0.25) is 0 Å². The number of halogens is 1. The molecule has 0 radical (unpaired) electrons. The van der Waals surface area contributed by atoms with Crippen LogP contribution in [0.25, 0.3) is 0 Å². The molecule has 1 aromatic carbocycles. The van der Waals surface area contributed by atoms with Crippen molar-refractivity contribution in [2.24, 2.45) is 0 Å². The number of nitrogens with one attached hydrogen (secondary N) is 1. The Morgan fingerprint density at radius 3 is 2.67 bits per heavy atom. The number of amides is 1. The summed E-state index contributed by atoms with van der Waals surface area (Å²) in [5, 5.41) is 4.71. The van der Waals surface area contributed by atoms with E-state index in [0.29, 0.717) is 6.42 Å². The van der Waals surface area contributed by atoms with Crippen LogP contribution in [0.1, 0.15) is 29.8 Å². The number of benzene rings is 1. The van der Waals surface area contributed by atoms with Gasteiger partial charge in [0.15, 0.2) is 6.61 Å². The van der Waals surface area contributed by atoms with Crippen molar-refractivity contribution in [1.82, 2.24) is 5.32 Å². The van der Waals surface area contributed by atoms with Gasteiger partial charge >= 0.3 is 5.97 Å². The summed E-state index contributed by atoms with van der Waals surface area (Å²) < 4.78 is 18.0. The highest BCUT2D eigenvalue weighted by Gasteiger charge is 2.18. The SMILES string of the molecule is CC/C=C/C(=O)OCC(=O)N[C@H](c1ccc(F)cc1)c1cccs1. The summed E-state index contributed by atoms with van der Waals surface area (Å²) in [5.41, 5.74) is 0.754. The molecule has 2 rings (SSSR count). The van der Waals surface area contributed by atoms with Crippen LogP contribution in [0.3, 0.4) is 0 Å². The summed E-state index contributed by atoms with van der Waals surface area (Å²) in [4.78, 5) is 24.4. The van der Waals surface area contributed by atoms with E-state index in [4.69, 9.17) is 4.74 Å². The summed E-state index contributed by atoms with van der Waals surface area (Å²) in [7, 11) is 0. The van der Waals surface area contributed by atoms with E-state index in [1.165, 1.54) is 29.5 Å². The molecule has 1 N–H and O–H groups in total. The molecule has 1 heterocycles. The quantitative estimate of drug-likeness (QED) is 0.615. The van der Waals surface area contributed by atoms with Crippen LogP contribution < -0.4 is 5.32 Å². The molecule has 1 aromatic heterocycles. The molecule has 0 saturated carbocycles. The van der Waals surface area contributed by atoms with Gasteiger partial charge in [0.1, 0.15) is 5.82 Å². The Labute approximate surface area is 144 Å². The molecule has 24 heavy (non-hydrogen) atoms.